The number of benzene rings is 1. The summed E-state index contributed by atoms with van der Waals surface area (Å²) in [5, 5.41) is 10.0. The van der Waals surface area contributed by atoms with Gasteiger partial charge in [-0.15, -0.1) is 0 Å². The van der Waals surface area contributed by atoms with Crippen LogP contribution in [0.1, 0.15) is 37.9 Å². The molecule has 0 aliphatic carbocycles. The lowest BCUT2D eigenvalue weighted by Gasteiger charge is -2.28. The SMILES string of the molecule is CC1CC(=O)N(CCC(O)c2ccccc2)C(=O)C1. The molecule has 1 heterocycles. The van der Waals surface area contributed by atoms with Gasteiger partial charge in [-0.3, -0.25) is 14.5 Å². The normalized spacial score (nSPS) is 18.7. The van der Waals surface area contributed by atoms with Crippen LogP contribution in [-0.4, -0.2) is 28.4 Å². The maximum atomic E-state index is 11.8. The summed E-state index contributed by atoms with van der Waals surface area (Å²) in [5.74, 6) is -0.108. The molecular weight excluding hydrogens is 242 g/mol. The first-order chi connectivity index (χ1) is 9.08. The van der Waals surface area contributed by atoms with Crippen molar-refractivity contribution in [3.05, 3.63) is 35.9 Å². The lowest BCUT2D eigenvalue weighted by Crippen LogP contribution is -2.43. The van der Waals surface area contributed by atoms with Crippen LogP contribution in [0.3, 0.4) is 0 Å². The van der Waals surface area contributed by atoms with Gasteiger partial charge in [0.1, 0.15) is 0 Å². The molecule has 1 aliphatic rings. The summed E-state index contributed by atoms with van der Waals surface area (Å²) >= 11 is 0. The van der Waals surface area contributed by atoms with Crippen LogP contribution in [0.2, 0.25) is 0 Å². The molecule has 1 aromatic rings. The van der Waals surface area contributed by atoms with Crippen LogP contribution in [0.4, 0.5) is 0 Å². The molecule has 102 valence electrons. The zero-order chi connectivity index (χ0) is 13.8. The Morgan fingerprint density at radius 2 is 1.79 bits per heavy atom. The fourth-order valence-corrected chi connectivity index (χ4v) is 2.37. The zero-order valence-corrected chi connectivity index (χ0v) is 11.1. The van der Waals surface area contributed by atoms with Crippen molar-refractivity contribution >= 4 is 11.8 Å². The molecule has 1 atom stereocenters. The second kappa shape index (κ2) is 5.97. The van der Waals surface area contributed by atoms with E-state index in [0.717, 1.165) is 5.56 Å². The van der Waals surface area contributed by atoms with Crippen LogP contribution in [0.25, 0.3) is 0 Å². The molecule has 0 spiro atoms. The molecule has 0 saturated carbocycles. The van der Waals surface area contributed by atoms with E-state index in [2.05, 4.69) is 0 Å². The lowest BCUT2D eigenvalue weighted by molar-refractivity contribution is -0.150. The molecule has 2 amide bonds. The van der Waals surface area contributed by atoms with Crippen molar-refractivity contribution in [2.75, 3.05) is 6.54 Å². The molecular formula is C15H19NO3. The summed E-state index contributed by atoms with van der Waals surface area (Å²) in [6.45, 7) is 2.20. The molecule has 1 fully saturated rings. The Morgan fingerprint density at radius 3 is 2.37 bits per heavy atom. The fourth-order valence-electron chi connectivity index (χ4n) is 2.37. The van der Waals surface area contributed by atoms with Gasteiger partial charge in [-0.1, -0.05) is 37.3 Å². The molecule has 1 N–H and O–H groups in total. The van der Waals surface area contributed by atoms with Gasteiger partial charge in [-0.25, -0.2) is 0 Å². The average Bonchev–Trinajstić information content (AvgIpc) is 2.38. The van der Waals surface area contributed by atoms with Gasteiger partial charge in [-0.2, -0.15) is 0 Å². The summed E-state index contributed by atoms with van der Waals surface area (Å²) in [5.41, 5.74) is 0.813. The number of rotatable bonds is 4. The minimum absolute atomic E-state index is 0.121. The highest BCUT2D eigenvalue weighted by atomic mass is 16.3. The molecule has 2 rings (SSSR count). The highest BCUT2D eigenvalue weighted by Crippen LogP contribution is 2.21. The fraction of sp³-hybridized carbons (Fsp3) is 0.467. The quantitative estimate of drug-likeness (QED) is 0.842. The molecule has 4 nitrogen and oxygen atoms in total. The van der Waals surface area contributed by atoms with Gasteiger partial charge in [0, 0.05) is 19.4 Å². The number of amides is 2. The van der Waals surface area contributed by atoms with Crippen LogP contribution >= 0.6 is 0 Å². The van der Waals surface area contributed by atoms with E-state index >= 15 is 0 Å². The number of aliphatic hydroxyl groups excluding tert-OH is 1. The summed E-state index contributed by atoms with van der Waals surface area (Å²) in [7, 11) is 0. The van der Waals surface area contributed by atoms with Crippen LogP contribution < -0.4 is 0 Å². The maximum absolute atomic E-state index is 11.8. The van der Waals surface area contributed by atoms with E-state index < -0.39 is 6.10 Å². The number of aliphatic hydroxyl groups is 1. The van der Waals surface area contributed by atoms with E-state index in [9.17, 15) is 14.7 Å². The number of likely N-dealkylation sites (tertiary alicyclic amines) is 1. The number of nitrogens with zero attached hydrogens (tertiary/aromatic N) is 1. The van der Waals surface area contributed by atoms with Crippen molar-refractivity contribution in [3.63, 3.8) is 0 Å². The monoisotopic (exact) mass is 261 g/mol. The number of hydrogen-bond donors (Lipinski definition) is 1. The van der Waals surface area contributed by atoms with Gasteiger partial charge in [0.15, 0.2) is 0 Å². The second-order valence-corrected chi connectivity index (χ2v) is 5.17. The predicted octanol–water partition coefficient (Wildman–Crippen LogP) is 1.90. The summed E-state index contributed by atoms with van der Waals surface area (Å²) in [4.78, 5) is 24.9. The number of imide groups is 1. The van der Waals surface area contributed by atoms with Gasteiger partial charge in [0.05, 0.1) is 6.10 Å². The lowest BCUT2D eigenvalue weighted by atomic mass is 9.97. The standard InChI is InChI=1S/C15H19NO3/c1-11-9-14(18)16(15(19)10-11)8-7-13(17)12-5-3-2-4-6-12/h2-6,11,13,17H,7-10H2,1H3. The van der Waals surface area contributed by atoms with Gasteiger partial charge >= 0.3 is 0 Å². The smallest absolute Gasteiger partial charge is 0.229 e. The van der Waals surface area contributed by atoms with Crippen LogP contribution in [0, 0.1) is 5.92 Å². The maximum Gasteiger partial charge on any atom is 0.229 e. The third kappa shape index (κ3) is 3.41. The van der Waals surface area contributed by atoms with E-state index in [4.69, 9.17) is 0 Å². The van der Waals surface area contributed by atoms with E-state index in [1.165, 1.54) is 4.90 Å². The van der Waals surface area contributed by atoms with Crippen LogP contribution in [0.5, 0.6) is 0 Å². The Balaban J connectivity index is 1.91. The van der Waals surface area contributed by atoms with Gasteiger partial charge in [0.25, 0.3) is 0 Å². The predicted molar refractivity (Wildman–Crippen MR) is 71.1 cm³/mol. The van der Waals surface area contributed by atoms with Crippen molar-refractivity contribution in [1.29, 1.82) is 0 Å². The Labute approximate surface area is 113 Å². The minimum atomic E-state index is -0.638. The van der Waals surface area contributed by atoms with E-state index in [1.54, 1.807) is 0 Å². The molecule has 1 unspecified atom stereocenters. The van der Waals surface area contributed by atoms with E-state index in [1.807, 2.05) is 37.3 Å². The molecule has 0 radical (unpaired) electrons. The first-order valence-electron chi connectivity index (χ1n) is 6.64. The Morgan fingerprint density at radius 1 is 1.21 bits per heavy atom. The zero-order valence-electron chi connectivity index (χ0n) is 11.1. The van der Waals surface area contributed by atoms with Crippen molar-refractivity contribution < 1.29 is 14.7 Å². The third-order valence-corrected chi connectivity index (χ3v) is 3.46. The Bertz CT molecular complexity index is 440. The van der Waals surface area contributed by atoms with Crippen molar-refractivity contribution in [3.8, 4) is 0 Å². The van der Waals surface area contributed by atoms with Crippen LogP contribution in [0.15, 0.2) is 30.3 Å². The van der Waals surface area contributed by atoms with Crippen LogP contribution in [-0.2, 0) is 9.59 Å². The number of carbonyl (C=O) groups is 2. The number of carbonyl (C=O) groups excluding carboxylic acids is 2. The van der Waals surface area contributed by atoms with Gasteiger partial charge in [0.2, 0.25) is 11.8 Å². The highest BCUT2D eigenvalue weighted by molar-refractivity contribution is 5.97. The molecule has 4 heteroatoms. The minimum Gasteiger partial charge on any atom is -0.388 e. The Kier molecular flexibility index (Phi) is 4.32. The molecule has 1 aliphatic heterocycles. The van der Waals surface area contributed by atoms with E-state index in [-0.39, 0.29) is 17.7 Å². The van der Waals surface area contributed by atoms with Gasteiger partial charge < -0.3 is 5.11 Å². The first-order valence-corrected chi connectivity index (χ1v) is 6.64. The molecule has 19 heavy (non-hydrogen) atoms. The average molecular weight is 261 g/mol. The largest absolute Gasteiger partial charge is 0.388 e. The first kappa shape index (κ1) is 13.7. The summed E-state index contributed by atoms with van der Waals surface area (Å²) in [6.07, 6.45) is 0.595. The Hall–Kier alpha value is -1.68. The summed E-state index contributed by atoms with van der Waals surface area (Å²) < 4.78 is 0. The summed E-state index contributed by atoms with van der Waals surface area (Å²) in [6, 6.07) is 9.28. The topological polar surface area (TPSA) is 57.6 Å². The third-order valence-electron chi connectivity index (χ3n) is 3.46. The van der Waals surface area contributed by atoms with Crippen molar-refractivity contribution in [1.82, 2.24) is 4.90 Å². The highest BCUT2D eigenvalue weighted by Gasteiger charge is 2.30. The van der Waals surface area contributed by atoms with Gasteiger partial charge in [-0.05, 0) is 17.9 Å². The second-order valence-electron chi connectivity index (χ2n) is 5.17. The van der Waals surface area contributed by atoms with Crippen molar-refractivity contribution in [2.45, 2.75) is 32.3 Å². The molecule has 0 bridgehead atoms. The number of hydrogen-bond acceptors (Lipinski definition) is 3. The molecule has 1 saturated heterocycles. The van der Waals surface area contributed by atoms with E-state index in [0.29, 0.717) is 25.8 Å². The molecule has 1 aromatic carbocycles. The number of piperidine rings is 1. The van der Waals surface area contributed by atoms with Crippen molar-refractivity contribution in [2.24, 2.45) is 5.92 Å². The molecule has 0 aromatic heterocycles.